The van der Waals surface area contributed by atoms with Gasteiger partial charge in [0.2, 0.25) is 5.90 Å². The molecular weight excluding hydrogens is 190 g/mol. The summed E-state index contributed by atoms with van der Waals surface area (Å²) in [6.45, 7) is 5.12. The lowest BCUT2D eigenvalue weighted by atomic mass is 9.85. The Hall–Kier alpha value is -0.570. The molecule has 0 radical (unpaired) electrons. The molecular formula is C12H23NO2. The maximum absolute atomic E-state index is 7.84. The first kappa shape index (κ1) is 12.5. The highest BCUT2D eigenvalue weighted by Crippen LogP contribution is 2.28. The van der Waals surface area contributed by atoms with Crippen LogP contribution in [0, 0.1) is 11.3 Å². The van der Waals surface area contributed by atoms with Gasteiger partial charge in [0.1, 0.15) is 6.10 Å². The summed E-state index contributed by atoms with van der Waals surface area (Å²) in [7, 11) is 0. The highest BCUT2D eigenvalue weighted by Gasteiger charge is 2.28. The molecule has 0 saturated heterocycles. The van der Waals surface area contributed by atoms with Gasteiger partial charge in [-0.1, -0.05) is 19.3 Å². The van der Waals surface area contributed by atoms with E-state index in [2.05, 4.69) is 0 Å². The SMILES string of the molecule is CCOC(=N)C(OCC)C1CCCCC1. The van der Waals surface area contributed by atoms with E-state index in [4.69, 9.17) is 14.9 Å². The molecule has 1 fully saturated rings. The Kier molecular flexibility index (Phi) is 5.69. The van der Waals surface area contributed by atoms with E-state index in [0.29, 0.717) is 25.0 Å². The average Bonchev–Trinajstić information content (AvgIpc) is 2.27. The van der Waals surface area contributed by atoms with Crippen molar-refractivity contribution in [1.82, 2.24) is 0 Å². The van der Waals surface area contributed by atoms with Crippen LogP contribution < -0.4 is 0 Å². The standard InChI is InChI=1S/C12H23NO2/c1-3-14-11(12(13)15-4-2)10-8-6-5-7-9-10/h10-11,13H,3-9H2,1-2H3. The molecule has 1 atom stereocenters. The van der Waals surface area contributed by atoms with Crippen molar-refractivity contribution in [2.75, 3.05) is 13.2 Å². The van der Waals surface area contributed by atoms with E-state index in [1.165, 1.54) is 32.1 Å². The third-order valence-corrected chi connectivity index (χ3v) is 2.98. The Balaban J connectivity index is 2.50. The number of rotatable bonds is 5. The van der Waals surface area contributed by atoms with Crippen LogP contribution in [0.15, 0.2) is 0 Å². The minimum atomic E-state index is -0.102. The van der Waals surface area contributed by atoms with Gasteiger partial charge in [-0.15, -0.1) is 0 Å². The van der Waals surface area contributed by atoms with Crippen LogP contribution in [-0.2, 0) is 9.47 Å². The Morgan fingerprint density at radius 3 is 2.40 bits per heavy atom. The Bertz CT molecular complexity index is 188. The van der Waals surface area contributed by atoms with E-state index in [-0.39, 0.29) is 6.10 Å². The minimum absolute atomic E-state index is 0.102. The zero-order chi connectivity index (χ0) is 11.1. The van der Waals surface area contributed by atoms with E-state index in [0.717, 1.165) is 0 Å². The van der Waals surface area contributed by atoms with Gasteiger partial charge in [-0.25, -0.2) is 0 Å². The summed E-state index contributed by atoms with van der Waals surface area (Å²) < 4.78 is 10.9. The largest absolute Gasteiger partial charge is 0.480 e. The summed E-state index contributed by atoms with van der Waals surface area (Å²) in [6.07, 6.45) is 6.13. The highest BCUT2D eigenvalue weighted by atomic mass is 16.5. The molecule has 1 aliphatic carbocycles. The van der Waals surface area contributed by atoms with Crippen molar-refractivity contribution in [2.24, 2.45) is 5.92 Å². The Morgan fingerprint density at radius 1 is 1.20 bits per heavy atom. The maximum atomic E-state index is 7.84. The van der Waals surface area contributed by atoms with Crippen molar-refractivity contribution in [3.63, 3.8) is 0 Å². The molecule has 1 unspecified atom stereocenters. The van der Waals surface area contributed by atoms with Gasteiger partial charge in [-0.2, -0.15) is 0 Å². The van der Waals surface area contributed by atoms with Crippen LogP contribution in [0.2, 0.25) is 0 Å². The van der Waals surface area contributed by atoms with Crippen LogP contribution in [0.4, 0.5) is 0 Å². The zero-order valence-electron chi connectivity index (χ0n) is 9.92. The van der Waals surface area contributed by atoms with Crippen LogP contribution in [0.3, 0.4) is 0 Å². The third-order valence-electron chi connectivity index (χ3n) is 2.98. The Morgan fingerprint density at radius 2 is 1.87 bits per heavy atom. The Labute approximate surface area is 92.7 Å². The lowest BCUT2D eigenvalue weighted by Crippen LogP contribution is -2.35. The molecule has 3 heteroatoms. The zero-order valence-corrected chi connectivity index (χ0v) is 9.92. The molecule has 1 saturated carbocycles. The maximum Gasteiger partial charge on any atom is 0.210 e. The summed E-state index contributed by atoms with van der Waals surface area (Å²) in [4.78, 5) is 0. The van der Waals surface area contributed by atoms with Gasteiger partial charge in [-0.3, -0.25) is 5.41 Å². The fourth-order valence-electron chi connectivity index (χ4n) is 2.28. The molecule has 0 heterocycles. The first-order chi connectivity index (χ1) is 7.29. The summed E-state index contributed by atoms with van der Waals surface area (Å²) in [5, 5.41) is 7.84. The van der Waals surface area contributed by atoms with E-state index in [9.17, 15) is 0 Å². The molecule has 0 spiro atoms. The minimum Gasteiger partial charge on any atom is -0.480 e. The molecule has 0 aromatic heterocycles. The lowest BCUT2D eigenvalue weighted by molar-refractivity contribution is 0.0351. The van der Waals surface area contributed by atoms with Crippen molar-refractivity contribution in [3.8, 4) is 0 Å². The van der Waals surface area contributed by atoms with Crippen molar-refractivity contribution in [3.05, 3.63) is 0 Å². The van der Waals surface area contributed by atoms with E-state index >= 15 is 0 Å². The summed E-state index contributed by atoms with van der Waals surface area (Å²) >= 11 is 0. The fourth-order valence-corrected chi connectivity index (χ4v) is 2.28. The summed E-state index contributed by atoms with van der Waals surface area (Å²) in [5.41, 5.74) is 0. The van der Waals surface area contributed by atoms with Crippen molar-refractivity contribution in [1.29, 1.82) is 5.41 Å². The number of nitrogens with one attached hydrogen (secondary N) is 1. The lowest BCUT2D eigenvalue weighted by Gasteiger charge is -2.29. The predicted molar refractivity (Wildman–Crippen MR) is 61.3 cm³/mol. The van der Waals surface area contributed by atoms with Gasteiger partial charge < -0.3 is 9.47 Å². The molecule has 0 bridgehead atoms. The molecule has 1 aliphatic rings. The second-order valence-corrected chi connectivity index (χ2v) is 4.07. The van der Waals surface area contributed by atoms with E-state index < -0.39 is 0 Å². The van der Waals surface area contributed by atoms with Gasteiger partial charge in [0.25, 0.3) is 0 Å². The molecule has 3 nitrogen and oxygen atoms in total. The molecule has 0 aliphatic heterocycles. The van der Waals surface area contributed by atoms with Gasteiger partial charge in [0.15, 0.2) is 0 Å². The first-order valence-corrected chi connectivity index (χ1v) is 6.12. The topological polar surface area (TPSA) is 42.3 Å². The molecule has 15 heavy (non-hydrogen) atoms. The van der Waals surface area contributed by atoms with Crippen LogP contribution in [-0.4, -0.2) is 25.2 Å². The quantitative estimate of drug-likeness (QED) is 0.563. The normalized spacial score (nSPS) is 19.9. The summed E-state index contributed by atoms with van der Waals surface area (Å²) in [6, 6.07) is 0. The third kappa shape index (κ3) is 3.82. The average molecular weight is 213 g/mol. The molecule has 1 N–H and O–H groups in total. The van der Waals surface area contributed by atoms with Crippen LogP contribution in [0.1, 0.15) is 46.0 Å². The second kappa shape index (κ2) is 6.83. The monoisotopic (exact) mass is 213 g/mol. The molecule has 1 rings (SSSR count). The number of ether oxygens (including phenoxy) is 2. The number of hydrogen-bond acceptors (Lipinski definition) is 3. The van der Waals surface area contributed by atoms with E-state index in [1.807, 2.05) is 13.8 Å². The van der Waals surface area contributed by atoms with Gasteiger partial charge in [0, 0.05) is 6.61 Å². The second-order valence-electron chi connectivity index (χ2n) is 4.07. The smallest absolute Gasteiger partial charge is 0.210 e. The van der Waals surface area contributed by atoms with Gasteiger partial charge in [0.05, 0.1) is 6.61 Å². The van der Waals surface area contributed by atoms with Crippen molar-refractivity contribution < 1.29 is 9.47 Å². The molecule has 88 valence electrons. The van der Waals surface area contributed by atoms with E-state index in [1.54, 1.807) is 0 Å². The number of hydrogen-bond donors (Lipinski definition) is 1. The summed E-state index contributed by atoms with van der Waals surface area (Å²) in [5.74, 6) is 0.823. The molecule has 0 aromatic carbocycles. The molecule has 0 aromatic rings. The first-order valence-electron chi connectivity index (χ1n) is 6.12. The van der Waals surface area contributed by atoms with Crippen LogP contribution in [0.25, 0.3) is 0 Å². The highest BCUT2D eigenvalue weighted by molar-refractivity contribution is 5.78. The van der Waals surface area contributed by atoms with Crippen molar-refractivity contribution in [2.45, 2.75) is 52.1 Å². The van der Waals surface area contributed by atoms with Gasteiger partial charge in [-0.05, 0) is 32.6 Å². The predicted octanol–water partition coefficient (Wildman–Crippen LogP) is 2.99. The van der Waals surface area contributed by atoms with Crippen LogP contribution >= 0.6 is 0 Å². The van der Waals surface area contributed by atoms with Crippen LogP contribution in [0.5, 0.6) is 0 Å². The fraction of sp³-hybridized carbons (Fsp3) is 0.917. The van der Waals surface area contributed by atoms with Gasteiger partial charge >= 0.3 is 0 Å². The van der Waals surface area contributed by atoms with Crippen molar-refractivity contribution >= 4 is 5.90 Å². The molecule has 0 amide bonds.